The van der Waals surface area contributed by atoms with Gasteiger partial charge in [0.25, 0.3) is 0 Å². The van der Waals surface area contributed by atoms with Crippen LogP contribution in [-0.4, -0.2) is 45.8 Å². The van der Waals surface area contributed by atoms with Crippen LogP contribution in [0.2, 0.25) is 0 Å². The van der Waals surface area contributed by atoms with E-state index >= 15 is 0 Å². The first-order chi connectivity index (χ1) is 9.80. The van der Waals surface area contributed by atoms with E-state index in [2.05, 4.69) is 5.32 Å². The quantitative estimate of drug-likeness (QED) is 0.778. The second kappa shape index (κ2) is 5.73. The summed E-state index contributed by atoms with van der Waals surface area (Å²) in [5, 5.41) is 21.9. The van der Waals surface area contributed by atoms with E-state index in [1.54, 1.807) is 26.0 Å². The highest BCUT2D eigenvalue weighted by atomic mass is 16.4. The lowest BCUT2D eigenvalue weighted by atomic mass is 9.95. The number of carbonyl (C=O) groups excluding carboxylic acids is 1. The molecule has 0 bridgehead atoms. The van der Waals surface area contributed by atoms with Crippen LogP contribution in [0.1, 0.15) is 35.7 Å². The Balaban J connectivity index is 2.18. The fraction of sp³-hybridized carbons (Fsp3) is 0.467. The molecule has 1 heterocycles. The first-order valence-corrected chi connectivity index (χ1v) is 6.91. The SMILES string of the molecule is Cc1cccc(C(=O)O)c1NC(=O)N1CCCC(C)(O)C1. The second-order valence-electron chi connectivity index (χ2n) is 5.75. The van der Waals surface area contributed by atoms with Crippen LogP contribution in [0.5, 0.6) is 0 Å². The largest absolute Gasteiger partial charge is 0.478 e. The van der Waals surface area contributed by atoms with Crippen LogP contribution in [0.15, 0.2) is 18.2 Å². The second-order valence-corrected chi connectivity index (χ2v) is 5.75. The van der Waals surface area contributed by atoms with E-state index < -0.39 is 11.6 Å². The van der Waals surface area contributed by atoms with Crippen molar-refractivity contribution in [2.45, 2.75) is 32.3 Å². The highest BCUT2D eigenvalue weighted by Gasteiger charge is 2.31. The molecular formula is C15H20N2O4. The molecule has 0 aliphatic carbocycles. The molecule has 2 rings (SSSR count). The van der Waals surface area contributed by atoms with Crippen molar-refractivity contribution in [3.63, 3.8) is 0 Å². The lowest BCUT2D eigenvalue weighted by Gasteiger charge is -2.36. The summed E-state index contributed by atoms with van der Waals surface area (Å²) >= 11 is 0. The first kappa shape index (κ1) is 15.3. The number of nitrogens with zero attached hydrogens (tertiary/aromatic N) is 1. The summed E-state index contributed by atoms with van der Waals surface area (Å²) in [7, 11) is 0. The van der Waals surface area contributed by atoms with Gasteiger partial charge in [0.15, 0.2) is 0 Å². The smallest absolute Gasteiger partial charge is 0.337 e. The molecule has 1 aromatic carbocycles. The summed E-state index contributed by atoms with van der Waals surface area (Å²) in [4.78, 5) is 25.0. The van der Waals surface area contributed by atoms with E-state index in [1.807, 2.05) is 0 Å². The number of aromatic carboxylic acids is 1. The fourth-order valence-electron chi connectivity index (χ4n) is 2.59. The van der Waals surface area contributed by atoms with Gasteiger partial charge in [0.1, 0.15) is 0 Å². The monoisotopic (exact) mass is 292 g/mol. The molecule has 0 spiro atoms. The number of rotatable bonds is 2. The summed E-state index contributed by atoms with van der Waals surface area (Å²) < 4.78 is 0. The molecule has 1 aliphatic heterocycles. The van der Waals surface area contributed by atoms with Gasteiger partial charge < -0.3 is 20.4 Å². The number of anilines is 1. The van der Waals surface area contributed by atoms with Gasteiger partial charge in [0, 0.05) is 6.54 Å². The maximum absolute atomic E-state index is 12.3. The summed E-state index contributed by atoms with van der Waals surface area (Å²) in [6.07, 6.45) is 1.38. The molecule has 0 radical (unpaired) electrons. The van der Waals surface area contributed by atoms with Crippen LogP contribution in [0.25, 0.3) is 0 Å². The van der Waals surface area contributed by atoms with Gasteiger partial charge in [0.05, 0.1) is 23.4 Å². The van der Waals surface area contributed by atoms with Crippen molar-refractivity contribution in [2.24, 2.45) is 0 Å². The van der Waals surface area contributed by atoms with E-state index in [0.717, 1.165) is 6.42 Å². The zero-order valence-corrected chi connectivity index (χ0v) is 12.2. The Morgan fingerprint density at radius 1 is 1.38 bits per heavy atom. The summed E-state index contributed by atoms with van der Waals surface area (Å²) in [5.74, 6) is -1.08. The zero-order chi connectivity index (χ0) is 15.6. The minimum Gasteiger partial charge on any atom is -0.478 e. The Bertz CT molecular complexity index is 569. The van der Waals surface area contributed by atoms with Gasteiger partial charge in [0.2, 0.25) is 0 Å². The molecule has 2 amide bonds. The van der Waals surface area contributed by atoms with E-state index in [0.29, 0.717) is 24.2 Å². The molecule has 1 unspecified atom stereocenters. The van der Waals surface area contributed by atoms with Gasteiger partial charge in [-0.3, -0.25) is 0 Å². The fourth-order valence-corrected chi connectivity index (χ4v) is 2.59. The Kier molecular flexibility index (Phi) is 4.18. The summed E-state index contributed by atoms with van der Waals surface area (Å²) in [6, 6.07) is 4.46. The van der Waals surface area contributed by atoms with Crippen molar-refractivity contribution in [2.75, 3.05) is 18.4 Å². The highest BCUT2D eigenvalue weighted by Crippen LogP contribution is 2.24. The number of urea groups is 1. The van der Waals surface area contributed by atoms with Crippen molar-refractivity contribution in [3.8, 4) is 0 Å². The predicted octanol–water partition coefficient (Wildman–Crippen LogP) is 2.07. The van der Waals surface area contributed by atoms with Gasteiger partial charge in [-0.15, -0.1) is 0 Å². The van der Waals surface area contributed by atoms with Crippen LogP contribution in [0.3, 0.4) is 0 Å². The molecule has 0 aromatic heterocycles. The van der Waals surface area contributed by atoms with Gasteiger partial charge in [-0.25, -0.2) is 9.59 Å². The molecule has 21 heavy (non-hydrogen) atoms. The number of benzene rings is 1. The molecule has 1 aliphatic rings. The maximum Gasteiger partial charge on any atom is 0.337 e. The number of nitrogens with one attached hydrogen (secondary N) is 1. The minimum atomic E-state index is -1.08. The van der Waals surface area contributed by atoms with Crippen molar-refractivity contribution in [1.29, 1.82) is 0 Å². The molecular weight excluding hydrogens is 272 g/mol. The molecule has 6 nitrogen and oxygen atoms in total. The van der Waals surface area contributed by atoms with Gasteiger partial charge >= 0.3 is 12.0 Å². The molecule has 1 saturated heterocycles. The molecule has 114 valence electrons. The topological polar surface area (TPSA) is 89.9 Å². The number of carboxylic acid groups (broad SMARTS) is 1. The molecule has 1 atom stereocenters. The van der Waals surface area contributed by atoms with E-state index in [-0.39, 0.29) is 18.1 Å². The third-order valence-corrected chi connectivity index (χ3v) is 3.70. The van der Waals surface area contributed by atoms with Gasteiger partial charge in [-0.1, -0.05) is 12.1 Å². The van der Waals surface area contributed by atoms with E-state index in [1.165, 1.54) is 11.0 Å². The molecule has 1 fully saturated rings. The zero-order valence-electron chi connectivity index (χ0n) is 12.2. The third-order valence-electron chi connectivity index (χ3n) is 3.70. The van der Waals surface area contributed by atoms with Crippen molar-refractivity contribution in [3.05, 3.63) is 29.3 Å². The van der Waals surface area contributed by atoms with E-state index in [9.17, 15) is 19.8 Å². The Morgan fingerprint density at radius 3 is 2.71 bits per heavy atom. The van der Waals surface area contributed by atoms with Crippen LogP contribution < -0.4 is 5.32 Å². The van der Waals surface area contributed by atoms with Crippen molar-refractivity contribution >= 4 is 17.7 Å². The Labute approximate surface area is 123 Å². The normalized spacial score (nSPS) is 22.0. The average molecular weight is 292 g/mol. The van der Waals surface area contributed by atoms with Gasteiger partial charge in [-0.05, 0) is 38.3 Å². The highest BCUT2D eigenvalue weighted by molar-refractivity contribution is 6.01. The Morgan fingerprint density at radius 2 is 2.10 bits per heavy atom. The van der Waals surface area contributed by atoms with Crippen LogP contribution in [-0.2, 0) is 0 Å². The molecule has 0 saturated carbocycles. The lowest BCUT2D eigenvalue weighted by molar-refractivity contribution is -0.000648. The summed E-state index contributed by atoms with van der Waals surface area (Å²) in [6.45, 7) is 4.24. The number of β-amino-alcohol motifs (C(OH)–C–C–N with tert-alkyl or cyclic N) is 1. The maximum atomic E-state index is 12.3. The molecule has 1 aromatic rings. The minimum absolute atomic E-state index is 0.0621. The molecule has 6 heteroatoms. The van der Waals surface area contributed by atoms with Crippen molar-refractivity contribution in [1.82, 2.24) is 4.90 Å². The average Bonchev–Trinajstić information content (AvgIpc) is 2.39. The predicted molar refractivity (Wildman–Crippen MR) is 78.6 cm³/mol. The number of carboxylic acids is 1. The van der Waals surface area contributed by atoms with Crippen molar-refractivity contribution < 1.29 is 19.8 Å². The van der Waals surface area contributed by atoms with Crippen LogP contribution >= 0.6 is 0 Å². The van der Waals surface area contributed by atoms with E-state index in [4.69, 9.17) is 0 Å². The summed E-state index contributed by atoms with van der Waals surface area (Å²) in [5.41, 5.74) is 0.163. The van der Waals surface area contributed by atoms with Crippen LogP contribution in [0, 0.1) is 6.92 Å². The molecule has 3 N–H and O–H groups in total. The number of hydrogen-bond donors (Lipinski definition) is 3. The third kappa shape index (κ3) is 3.52. The number of carbonyl (C=O) groups is 2. The number of likely N-dealkylation sites (tertiary alicyclic amines) is 1. The standard InChI is InChI=1S/C15H20N2O4/c1-10-5-3-6-11(13(18)19)12(10)16-14(20)17-8-4-7-15(2,21)9-17/h3,5-6,21H,4,7-9H2,1-2H3,(H,16,20)(H,18,19). The number of amides is 2. The number of para-hydroxylation sites is 1. The number of aryl methyl sites for hydroxylation is 1. The first-order valence-electron chi connectivity index (χ1n) is 6.91. The number of aliphatic hydroxyl groups is 1. The van der Waals surface area contributed by atoms with Crippen LogP contribution in [0.4, 0.5) is 10.5 Å². The number of piperidine rings is 1. The lowest BCUT2D eigenvalue weighted by Crippen LogP contribution is -2.50. The van der Waals surface area contributed by atoms with Gasteiger partial charge in [-0.2, -0.15) is 0 Å². The Hall–Kier alpha value is -2.08. The number of hydrogen-bond acceptors (Lipinski definition) is 3.